The number of benzene rings is 2. The molecule has 0 atom stereocenters. The van der Waals surface area contributed by atoms with Gasteiger partial charge in [-0.2, -0.15) is 0 Å². The van der Waals surface area contributed by atoms with Gasteiger partial charge in [-0.15, -0.1) is 24.0 Å². The minimum atomic E-state index is 0. The first-order valence-electron chi connectivity index (χ1n) is 11.4. The van der Waals surface area contributed by atoms with Crippen LogP contribution in [0.2, 0.25) is 0 Å². The molecule has 1 aliphatic heterocycles. The minimum absolute atomic E-state index is 0. The molecule has 2 aromatic carbocycles. The van der Waals surface area contributed by atoms with Gasteiger partial charge >= 0.3 is 0 Å². The van der Waals surface area contributed by atoms with Crippen LogP contribution < -0.4 is 20.9 Å². The molecule has 178 valence electrons. The van der Waals surface area contributed by atoms with E-state index in [9.17, 15) is 9.59 Å². The molecular formula is C25H34IN5O2. The van der Waals surface area contributed by atoms with E-state index in [1.54, 1.807) is 0 Å². The van der Waals surface area contributed by atoms with E-state index in [0.29, 0.717) is 25.9 Å². The van der Waals surface area contributed by atoms with Crippen molar-refractivity contribution in [2.24, 2.45) is 4.99 Å². The summed E-state index contributed by atoms with van der Waals surface area (Å²) in [7, 11) is 0. The van der Waals surface area contributed by atoms with Crippen molar-refractivity contribution < 1.29 is 9.59 Å². The Hall–Kier alpha value is -2.62. The Bertz CT molecular complexity index is 929. The standard InChI is InChI=1S/C25H33N5O2.HI/c1-3-6-23(31)29-21-12-8-19(9-13-21)17-27-25(26-4-2)28-18-20-10-14-22(15-11-20)30-16-5-7-24(30)32;/h8-15H,3-7,16-18H2,1-2H3,(H,29,31)(H2,26,27,28);1H. The van der Waals surface area contributed by atoms with Gasteiger partial charge in [0.25, 0.3) is 0 Å². The number of rotatable bonds is 9. The van der Waals surface area contributed by atoms with Crippen LogP contribution in [-0.4, -0.2) is 30.9 Å². The molecule has 7 nitrogen and oxygen atoms in total. The maximum atomic E-state index is 11.9. The van der Waals surface area contributed by atoms with Crippen molar-refractivity contribution in [2.45, 2.75) is 52.6 Å². The summed E-state index contributed by atoms with van der Waals surface area (Å²) in [4.78, 5) is 30.1. The monoisotopic (exact) mass is 563 g/mol. The summed E-state index contributed by atoms with van der Waals surface area (Å²) in [5.41, 5.74) is 3.96. The third-order valence-corrected chi connectivity index (χ3v) is 5.26. The molecule has 0 aliphatic carbocycles. The van der Waals surface area contributed by atoms with Gasteiger partial charge in [0.05, 0.1) is 6.54 Å². The number of aliphatic imine (C=N–C) groups is 1. The predicted molar refractivity (Wildman–Crippen MR) is 145 cm³/mol. The highest BCUT2D eigenvalue weighted by Crippen LogP contribution is 2.21. The van der Waals surface area contributed by atoms with Gasteiger partial charge in [-0.1, -0.05) is 31.2 Å². The number of carbonyl (C=O) groups excluding carboxylic acids is 2. The van der Waals surface area contributed by atoms with Crippen LogP contribution in [0.15, 0.2) is 53.5 Å². The third-order valence-electron chi connectivity index (χ3n) is 5.26. The Morgan fingerprint density at radius 2 is 1.70 bits per heavy atom. The molecule has 33 heavy (non-hydrogen) atoms. The van der Waals surface area contributed by atoms with Crippen molar-refractivity contribution in [3.8, 4) is 0 Å². The van der Waals surface area contributed by atoms with Crippen molar-refractivity contribution in [3.63, 3.8) is 0 Å². The van der Waals surface area contributed by atoms with Gasteiger partial charge in [0, 0.05) is 43.9 Å². The van der Waals surface area contributed by atoms with Crippen molar-refractivity contribution in [1.29, 1.82) is 0 Å². The first kappa shape index (κ1) is 26.6. The zero-order chi connectivity index (χ0) is 22.8. The molecule has 3 N–H and O–H groups in total. The van der Waals surface area contributed by atoms with Crippen LogP contribution in [0, 0.1) is 0 Å². The smallest absolute Gasteiger partial charge is 0.227 e. The normalized spacial score (nSPS) is 13.5. The zero-order valence-corrected chi connectivity index (χ0v) is 21.7. The largest absolute Gasteiger partial charge is 0.357 e. The summed E-state index contributed by atoms with van der Waals surface area (Å²) < 4.78 is 0. The fraction of sp³-hybridized carbons (Fsp3) is 0.400. The number of halogens is 1. The summed E-state index contributed by atoms with van der Waals surface area (Å²) in [6, 6.07) is 15.9. The molecule has 0 saturated carbocycles. The number of nitrogens with one attached hydrogen (secondary N) is 3. The van der Waals surface area contributed by atoms with E-state index in [1.807, 2.05) is 67.3 Å². The fourth-order valence-corrected chi connectivity index (χ4v) is 3.56. The first-order chi connectivity index (χ1) is 15.6. The van der Waals surface area contributed by atoms with Crippen LogP contribution in [0.4, 0.5) is 11.4 Å². The number of hydrogen-bond acceptors (Lipinski definition) is 3. The topological polar surface area (TPSA) is 85.8 Å². The molecule has 0 aromatic heterocycles. The second kappa shape index (κ2) is 13.8. The summed E-state index contributed by atoms with van der Waals surface area (Å²) in [5, 5.41) is 9.51. The highest BCUT2D eigenvalue weighted by Gasteiger charge is 2.21. The van der Waals surface area contributed by atoms with Gasteiger partial charge < -0.3 is 20.9 Å². The lowest BCUT2D eigenvalue weighted by Gasteiger charge is -2.16. The Labute approximate surface area is 213 Å². The molecule has 0 radical (unpaired) electrons. The van der Waals surface area contributed by atoms with Gasteiger partial charge in [0.2, 0.25) is 11.8 Å². The quantitative estimate of drug-likeness (QED) is 0.240. The minimum Gasteiger partial charge on any atom is -0.357 e. The highest BCUT2D eigenvalue weighted by atomic mass is 127. The van der Waals surface area contributed by atoms with Crippen LogP contribution in [-0.2, 0) is 22.7 Å². The predicted octanol–water partition coefficient (Wildman–Crippen LogP) is 4.43. The van der Waals surface area contributed by atoms with Crippen molar-refractivity contribution >= 4 is 53.1 Å². The second-order valence-corrected chi connectivity index (χ2v) is 7.86. The fourth-order valence-electron chi connectivity index (χ4n) is 3.56. The lowest BCUT2D eigenvalue weighted by molar-refractivity contribution is -0.117. The molecule has 0 spiro atoms. The van der Waals surface area contributed by atoms with Gasteiger partial charge in [0.1, 0.15) is 0 Å². The van der Waals surface area contributed by atoms with E-state index in [2.05, 4.69) is 20.9 Å². The Kier molecular flexibility index (Phi) is 11.2. The number of hydrogen-bond donors (Lipinski definition) is 3. The number of carbonyl (C=O) groups is 2. The first-order valence-corrected chi connectivity index (χ1v) is 11.4. The lowest BCUT2D eigenvalue weighted by Crippen LogP contribution is -2.36. The lowest BCUT2D eigenvalue weighted by atomic mass is 10.2. The number of nitrogens with zero attached hydrogens (tertiary/aromatic N) is 2. The van der Waals surface area contributed by atoms with E-state index in [-0.39, 0.29) is 35.8 Å². The highest BCUT2D eigenvalue weighted by molar-refractivity contribution is 14.0. The van der Waals surface area contributed by atoms with E-state index >= 15 is 0 Å². The molecule has 1 fully saturated rings. The van der Waals surface area contributed by atoms with Gasteiger partial charge in [-0.05, 0) is 55.2 Å². The van der Waals surface area contributed by atoms with Crippen molar-refractivity contribution in [3.05, 3.63) is 59.7 Å². The average molecular weight is 563 g/mol. The Balaban J connectivity index is 0.00000385. The third kappa shape index (κ3) is 8.34. The zero-order valence-electron chi connectivity index (χ0n) is 19.4. The molecule has 0 unspecified atom stereocenters. The number of anilines is 2. The average Bonchev–Trinajstić information content (AvgIpc) is 3.23. The van der Waals surface area contributed by atoms with Gasteiger partial charge in [-0.3, -0.25) is 9.59 Å². The summed E-state index contributed by atoms with van der Waals surface area (Å²) in [5.74, 6) is 0.984. The Morgan fingerprint density at radius 3 is 2.30 bits per heavy atom. The van der Waals surface area contributed by atoms with Crippen molar-refractivity contribution in [2.75, 3.05) is 23.3 Å². The molecule has 2 amide bonds. The van der Waals surface area contributed by atoms with E-state index in [4.69, 9.17) is 0 Å². The molecule has 0 bridgehead atoms. The summed E-state index contributed by atoms with van der Waals surface area (Å²) >= 11 is 0. The van der Waals surface area contributed by atoms with Crippen LogP contribution in [0.5, 0.6) is 0 Å². The van der Waals surface area contributed by atoms with E-state index in [1.165, 1.54) is 0 Å². The van der Waals surface area contributed by atoms with Crippen LogP contribution in [0.25, 0.3) is 0 Å². The molecular weight excluding hydrogens is 529 g/mol. The van der Waals surface area contributed by atoms with Crippen molar-refractivity contribution in [1.82, 2.24) is 10.6 Å². The van der Waals surface area contributed by atoms with Crippen LogP contribution in [0.1, 0.15) is 50.7 Å². The van der Waals surface area contributed by atoms with Gasteiger partial charge in [-0.25, -0.2) is 4.99 Å². The summed E-state index contributed by atoms with van der Waals surface area (Å²) in [6.45, 7) is 6.77. The maximum absolute atomic E-state index is 11.9. The number of amides is 2. The van der Waals surface area contributed by atoms with Crippen LogP contribution >= 0.6 is 24.0 Å². The molecule has 1 aliphatic rings. The molecule has 1 saturated heterocycles. The van der Waals surface area contributed by atoms with Crippen LogP contribution in [0.3, 0.4) is 0 Å². The second-order valence-electron chi connectivity index (χ2n) is 7.86. The molecule has 3 rings (SSSR count). The molecule has 1 heterocycles. The maximum Gasteiger partial charge on any atom is 0.227 e. The SMILES string of the molecule is CCCC(=O)Nc1ccc(CNC(=NCc2ccc(N3CCCC3=O)cc2)NCC)cc1.I. The Morgan fingerprint density at radius 1 is 1.00 bits per heavy atom. The number of guanidine groups is 1. The van der Waals surface area contributed by atoms with Gasteiger partial charge in [0.15, 0.2) is 5.96 Å². The summed E-state index contributed by atoms with van der Waals surface area (Å²) in [6.07, 6.45) is 2.94. The van der Waals surface area contributed by atoms with E-state index < -0.39 is 0 Å². The van der Waals surface area contributed by atoms with E-state index in [0.717, 1.165) is 54.4 Å². The molecule has 8 heteroatoms. The molecule has 2 aromatic rings.